The van der Waals surface area contributed by atoms with E-state index in [-0.39, 0.29) is 17.5 Å². The molecule has 0 spiro atoms. The summed E-state index contributed by atoms with van der Waals surface area (Å²) in [4.78, 5) is 31.1. The Morgan fingerprint density at radius 3 is 2.88 bits per heavy atom. The molecule has 0 radical (unpaired) electrons. The standard InChI is InChI=1S/C19H20ClN3O3/c20-13-4-1-2-6-16(13)23-9-3-5-14(19(23)25)22-18(24)15-11-26-17(21-15)10-12-7-8-12/h1-2,4,6,11-12,14H,3,5,7-10H2,(H,22,24). The number of benzene rings is 1. The number of para-hydroxylation sites is 1. The number of rotatable bonds is 5. The van der Waals surface area contributed by atoms with E-state index in [9.17, 15) is 9.59 Å². The van der Waals surface area contributed by atoms with Crippen LogP contribution in [0.15, 0.2) is 34.9 Å². The first-order valence-corrected chi connectivity index (χ1v) is 9.31. The number of halogens is 1. The second-order valence-corrected chi connectivity index (χ2v) is 7.29. The van der Waals surface area contributed by atoms with E-state index in [2.05, 4.69) is 10.3 Å². The lowest BCUT2D eigenvalue weighted by molar-refractivity contribution is -0.121. The third-order valence-corrected chi connectivity index (χ3v) is 5.15. The van der Waals surface area contributed by atoms with Crippen molar-refractivity contribution in [1.29, 1.82) is 0 Å². The number of carbonyl (C=O) groups is 2. The molecule has 1 aromatic heterocycles. The van der Waals surface area contributed by atoms with Crippen LogP contribution in [0.5, 0.6) is 0 Å². The van der Waals surface area contributed by atoms with Crippen LogP contribution in [0.4, 0.5) is 5.69 Å². The van der Waals surface area contributed by atoms with Gasteiger partial charge in [0.2, 0.25) is 5.91 Å². The van der Waals surface area contributed by atoms with Crippen molar-refractivity contribution in [1.82, 2.24) is 10.3 Å². The van der Waals surface area contributed by atoms with Crippen molar-refractivity contribution >= 4 is 29.1 Å². The van der Waals surface area contributed by atoms with Gasteiger partial charge in [-0.1, -0.05) is 23.7 Å². The number of hydrogen-bond donors (Lipinski definition) is 1. The Labute approximate surface area is 156 Å². The molecule has 1 unspecified atom stereocenters. The van der Waals surface area contributed by atoms with Gasteiger partial charge >= 0.3 is 0 Å². The minimum Gasteiger partial charge on any atom is -0.448 e. The molecule has 1 aromatic carbocycles. The molecule has 2 amide bonds. The van der Waals surface area contributed by atoms with Gasteiger partial charge in [0, 0.05) is 13.0 Å². The number of anilines is 1. The number of hydrogen-bond acceptors (Lipinski definition) is 4. The molecule has 2 aromatic rings. The van der Waals surface area contributed by atoms with Crippen molar-refractivity contribution in [3.8, 4) is 0 Å². The Morgan fingerprint density at radius 1 is 1.31 bits per heavy atom. The minimum absolute atomic E-state index is 0.153. The van der Waals surface area contributed by atoms with Gasteiger partial charge in [0.05, 0.1) is 10.7 Å². The van der Waals surface area contributed by atoms with Crippen LogP contribution in [0.1, 0.15) is 42.1 Å². The molecule has 1 saturated carbocycles. The van der Waals surface area contributed by atoms with Crippen molar-refractivity contribution in [2.24, 2.45) is 5.92 Å². The zero-order valence-electron chi connectivity index (χ0n) is 14.3. The fraction of sp³-hybridized carbons (Fsp3) is 0.421. The first-order valence-electron chi connectivity index (χ1n) is 8.93. The first kappa shape index (κ1) is 17.1. The summed E-state index contributed by atoms with van der Waals surface area (Å²) >= 11 is 6.22. The van der Waals surface area contributed by atoms with Crippen molar-refractivity contribution in [3.05, 3.63) is 47.1 Å². The number of carbonyl (C=O) groups excluding carboxylic acids is 2. The molecular formula is C19H20ClN3O3. The van der Waals surface area contributed by atoms with Crippen LogP contribution in [0.2, 0.25) is 5.02 Å². The lowest BCUT2D eigenvalue weighted by atomic mass is 10.0. The van der Waals surface area contributed by atoms with Crippen molar-refractivity contribution in [2.45, 2.75) is 38.1 Å². The Balaban J connectivity index is 1.43. The third-order valence-electron chi connectivity index (χ3n) is 4.83. The van der Waals surface area contributed by atoms with Crippen LogP contribution in [0, 0.1) is 5.92 Å². The summed E-state index contributed by atoms with van der Waals surface area (Å²) in [7, 11) is 0. The highest BCUT2D eigenvalue weighted by Gasteiger charge is 2.32. The highest BCUT2D eigenvalue weighted by molar-refractivity contribution is 6.33. The summed E-state index contributed by atoms with van der Waals surface area (Å²) in [5.74, 6) is 0.688. The summed E-state index contributed by atoms with van der Waals surface area (Å²) in [6, 6.07) is 6.64. The van der Waals surface area contributed by atoms with Gasteiger partial charge in [0.25, 0.3) is 5.91 Å². The fourth-order valence-corrected chi connectivity index (χ4v) is 3.47. The highest BCUT2D eigenvalue weighted by atomic mass is 35.5. The van der Waals surface area contributed by atoms with Gasteiger partial charge in [0.15, 0.2) is 11.6 Å². The number of nitrogens with zero attached hydrogens (tertiary/aromatic N) is 2. The first-order chi connectivity index (χ1) is 12.6. The zero-order chi connectivity index (χ0) is 18.1. The van der Waals surface area contributed by atoms with E-state index in [0.717, 1.165) is 12.8 Å². The van der Waals surface area contributed by atoms with Crippen molar-refractivity contribution in [3.63, 3.8) is 0 Å². The summed E-state index contributed by atoms with van der Waals surface area (Å²) in [6.07, 6.45) is 5.91. The molecular weight excluding hydrogens is 354 g/mol. The molecule has 0 bridgehead atoms. The lowest BCUT2D eigenvalue weighted by Gasteiger charge is -2.33. The average Bonchev–Trinajstić information content (AvgIpc) is 3.32. The van der Waals surface area contributed by atoms with E-state index >= 15 is 0 Å². The van der Waals surface area contributed by atoms with E-state index in [1.54, 1.807) is 11.0 Å². The topological polar surface area (TPSA) is 75.4 Å². The normalized spacial score (nSPS) is 20.3. The van der Waals surface area contributed by atoms with Crippen molar-refractivity contribution in [2.75, 3.05) is 11.4 Å². The van der Waals surface area contributed by atoms with Gasteiger partial charge in [0.1, 0.15) is 12.3 Å². The van der Waals surface area contributed by atoms with Gasteiger partial charge in [-0.15, -0.1) is 0 Å². The molecule has 1 aliphatic heterocycles. The molecule has 1 aliphatic carbocycles. The predicted molar refractivity (Wildman–Crippen MR) is 97.2 cm³/mol. The van der Waals surface area contributed by atoms with Gasteiger partial charge in [-0.05, 0) is 43.7 Å². The minimum atomic E-state index is -0.587. The molecule has 26 heavy (non-hydrogen) atoms. The van der Waals surface area contributed by atoms with Crippen LogP contribution in [0.25, 0.3) is 0 Å². The molecule has 1 saturated heterocycles. The summed E-state index contributed by atoms with van der Waals surface area (Å²) in [6.45, 7) is 0.588. The zero-order valence-corrected chi connectivity index (χ0v) is 15.0. The maximum atomic E-state index is 12.8. The van der Waals surface area contributed by atoms with Gasteiger partial charge < -0.3 is 14.6 Å². The van der Waals surface area contributed by atoms with E-state index in [4.69, 9.17) is 16.0 Å². The quantitative estimate of drug-likeness (QED) is 0.873. The van der Waals surface area contributed by atoms with Crippen molar-refractivity contribution < 1.29 is 14.0 Å². The number of nitrogens with one attached hydrogen (secondary N) is 1. The molecule has 2 aliphatic rings. The van der Waals surface area contributed by atoms with Crippen LogP contribution < -0.4 is 10.2 Å². The predicted octanol–water partition coefficient (Wildman–Crippen LogP) is 3.21. The Bertz CT molecular complexity index is 831. The average molecular weight is 374 g/mol. The van der Waals surface area contributed by atoms with Crippen LogP contribution >= 0.6 is 11.6 Å². The summed E-state index contributed by atoms with van der Waals surface area (Å²) in [5.41, 5.74) is 0.898. The molecule has 4 rings (SSSR count). The number of amides is 2. The second-order valence-electron chi connectivity index (χ2n) is 6.88. The molecule has 136 valence electrons. The van der Waals surface area contributed by atoms with E-state index in [0.29, 0.717) is 35.5 Å². The van der Waals surface area contributed by atoms with E-state index in [1.165, 1.54) is 19.1 Å². The molecule has 6 nitrogen and oxygen atoms in total. The van der Waals surface area contributed by atoms with Crippen LogP contribution in [-0.4, -0.2) is 29.4 Å². The fourth-order valence-electron chi connectivity index (χ4n) is 3.23. The van der Waals surface area contributed by atoms with E-state index < -0.39 is 6.04 Å². The van der Waals surface area contributed by atoms with E-state index in [1.807, 2.05) is 18.2 Å². The molecule has 7 heteroatoms. The van der Waals surface area contributed by atoms with Gasteiger partial charge in [-0.25, -0.2) is 4.98 Å². The Hall–Kier alpha value is -2.34. The maximum absolute atomic E-state index is 12.8. The molecule has 2 heterocycles. The SMILES string of the molecule is O=C(NC1CCCN(c2ccccc2Cl)C1=O)c1coc(CC2CC2)n1. The van der Waals surface area contributed by atoms with Crippen LogP contribution in [0.3, 0.4) is 0 Å². The number of oxazole rings is 1. The number of aromatic nitrogens is 1. The largest absolute Gasteiger partial charge is 0.448 e. The maximum Gasteiger partial charge on any atom is 0.273 e. The summed E-state index contributed by atoms with van der Waals surface area (Å²) < 4.78 is 5.37. The van der Waals surface area contributed by atoms with Crippen LogP contribution in [-0.2, 0) is 11.2 Å². The smallest absolute Gasteiger partial charge is 0.273 e. The summed E-state index contributed by atoms with van der Waals surface area (Å²) in [5, 5.41) is 3.31. The third kappa shape index (κ3) is 3.60. The number of piperidine rings is 1. The lowest BCUT2D eigenvalue weighted by Crippen LogP contribution is -2.52. The molecule has 1 N–H and O–H groups in total. The molecule has 1 atom stereocenters. The van der Waals surface area contributed by atoms with Gasteiger partial charge in [-0.3, -0.25) is 9.59 Å². The second kappa shape index (κ2) is 7.11. The molecule has 2 fully saturated rings. The Kier molecular flexibility index (Phi) is 4.68. The highest BCUT2D eigenvalue weighted by Crippen LogP contribution is 2.32. The van der Waals surface area contributed by atoms with Gasteiger partial charge in [-0.2, -0.15) is 0 Å². The Morgan fingerprint density at radius 2 is 2.12 bits per heavy atom. The monoisotopic (exact) mass is 373 g/mol.